The number of hydrogen-bond donors (Lipinski definition) is 0. The second kappa shape index (κ2) is 9.30. The van der Waals surface area contributed by atoms with Crippen LogP contribution in [0.5, 0.6) is 11.5 Å². The molecule has 3 aromatic rings. The van der Waals surface area contributed by atoms with E-state index in [4.69, 9.17) is 4.74 Å². The van der Waals surface area contributed by atoms with Crippen molar-refractivity contribution in [2.45, 2.75) is 12.6 Å². The minimum atomic E-state index is -4.41. The Morgan fingerprint density at radius 2 is 1.56 bits per heavy atom. The number of pyridine rings is 1. The van der Waals surface area contributed by atoms with Crippen LogP contribution in [0.25, 0.3) is 0 Å². The Morgan fingerprint density at radius 1 is 0.844 bits per heavy atom. The zero-order chi connectivity index (χ0) is 22.6. The number of ether oxygens (including phenoxy) is 1. The van der Waals surface area contributed by atoms with Crippen molar-refractivity contribution in [1.29, 1.82) is 0 Å². The van der Waals surface area contributed by atoms with Crippen LogP contribution in [0, 0.1) is 0 Å². The molecule has 32 heavy (non-hydrogen) atoms. The average molecular weight is 441 g/mol. The van der Waals surface area contributed by atoms with E-state index < -0.39 is 11.7 Å². The van der Waals surface area contributed by atoms with Crippen LogP contribution >= 0.6 is 0 Å². The fourth-order valence-corrected chi connectivity index (χ4v) is 3.56. The molecule has 1 amide bonds. The average Bonchev–Trinajstić information content (AvgIpc) is 3.06. The summed E-state index contributed by atoms with van der Waals surface area (Å²) in [5, 5.41) is 0. The van der Waals surface area contributed by atoms with Gasteiger partial charge in [-0.1, -0.05) is 18.2 Å². The van der Waals surface area contributed by atoms with Crippen LogP contribution in [-0.2, 0) is 6.18 Å². The van der Waals surface area contributed by atoms with E-state index in [-0.39, 0.29) is 5.91 Å². The van der Waals surface area contributed by atoms with Gasteiger partial charge in [-0.05, 0) is 55.0 Å². The Morgan fingerprint density at radius 3 is 2.22 bits per heavy atom. The van der Waals surface area contributed by atoms with Crippen molar-refractivity contribution in [3.05, 3.63) is 84.1 Å². The predicted molar refractivity (Wildman–Crippen MR) is 115 cm³/mol. The molecule has 0 unspecified atom stereocenters. The number of amides is 1. The summed E-state index contributed by atoms with van der Waals surface area (Å²) < 4.78 is 44.0. The molecule has 0 spiro atoms. The summed E-state index contributed by atoms with van der Waals surface area (Å²) in [4.78, 5) is 20.6. The first-order chi connectivity index (χ1) is 15.4. The lowest BCUT2D eigenvalue weighted by atomic mass is 10.2. The molecule has 0 bridgehead atoms. The van der Waals surface area contributed by atoms with E-state index in [0.29, 0.717) is 49.7 Å². The highest BCUT2D eigenvalue weighted by atomic mass is 19.4. The fourth-order valence-electron chi connectivity index (χ4n) is 3.56. The van der Waals surface area contributed by atoms with Crippen LogP contribution in [-0.4, -0.2) is 42.0 Å². The highest BCUT2D eigenvalue weighted by Crippen LogP contribution is 2.29. The number of halogens is 3. The molecule has 0 saturated carbocycles. The molecule has 8 heteroatoms. The van der Waals surface area contributed by atoms with Crippen LogP contribution in [0.3, 0.4) is 0 Å². The van der Waals surface area contributed by atoms with Crippen LogP contribution in [0.4, 0.5) is 19.0 Å². The number of rotatable bonds is 4. The number of para-hydroxylation sites is 1. The van der Waals surface area contributed by atoms with E-state index >= 15 is 0 Å². The number of alkyl halides is 3. The van der Waals surface area contributed by atoms with Crippen LogP contribution in [0.15, 0.2) is 72.9 Å². The maximum atomic E-state index is 12.9. The standard InChI is InChI=1S/C24H22F3N3O2/c25-24(26,27)19-9-12-22(28-17-19)29-13-4-14-30(16-15-29)23(31)18-7-10-21(11-8-18)32-20-5-2-1-3-6-20/h1-3,5-12,17H,4,13-16H2. The van der Waals surface area contributed by atoms with Crippen molar-refractivity contribution >= 4 is 11.7 Å². The van der Waals surface area contributed by atoms with Gasteiger partial charge in [0, 0.05) is 37.9 Å². The summed E-state index contributed by atoms with van der Waals surface area (Å²) in [6, 6.07) is 18.8. The third-order valence-corrected chi connectivity index (χ3v) is 5.26. The van der Waals surface area contributed by atoms with Crippen molar-refractivity contribution in [1.82, 2.24) is 9.88 Å². The molecule has 5 nitrogen and oxygen atoms in total. The number of carbonyl (C=O) groups excluding carboxylic acids is 1. The normalized spacial score (nSPS) is 14.7. The molecule has 1 fully saturated rings. The Hall–Kier alpha value is -3.55. The molecule has 1 aliphatic rings. The molecule has 1 aromatic heterocycles. The summed E-state index contributed by atoms with van der Waals surface area (Å²) in [5.41, 5.74) is -0.209. The van der Waals surface area contributed by atoms with Gasteiger partial charge < -0.3 is 14.5 Å². The van der Waals surface area contributed by atoms with Crippen molar-refractivity contribution in [3.8, 4) is 11.5 Å². The van der Waals surface area contributed by atoms with E-state index in [1.165, 1.54) is 6.07 Å². The van der Waals surface area contributed by atoms with Gasteiger partial charge in [-0.3, -0.25) is 4.79 Å². The van der Waals surface area contributed by atoms with E-state index in [0.717, 1.165) is 18.0 Å². The Balaban J connectivity index is 1.37. The number of nitrogens with zero attached hydrogens (tertiary/aromatic N) is 3. The van der Waals surface area contributed by atoms with Gasteiger partial charge >= 0.3 is 6.18 Å². The molecule has 0 atom stereocenters. The first-order valence-electron chi connectivity index (χ1n) is 10.3. The van der Waals surface area contributed by atoms with Crippen LogP contribution < -0.4 is 9.64 Å². The van der Waals surface area contributed by atoms with E-state index in [2.05, 4.69) is 4.98 Å². The van der Waals surface area contributed by atoms with Gasteiger partial charge in [-0.15, -0.1) is 0 Å². The van der Waals surface area contributed by atoms with Gasteiger partial charge in [-0.2, -0.15) is 13.2 Å². The topological polar surface area (TPSA) is 45.7 Å². The smallest absolute Gasteiger partial charge is 0.417 e. The summed E-state index contributed by atoms with van der Waals surface area (Å²) in [6.07, 6.45) is -2.86. The molecule has 1 aliphatic heterocycles. The molecular formula is C24H22F3N3O2. The number of hydrogen-bond acceptors (Lipinski definition) is 4. The summed E-state index contributed by atoms with van der Waals surface area (Å²) in [6.45, 7) is 2.15. The zero-order valence-electron chi connectivity index (χ0n) is 17.3. The first kappa shape index (κ1) is 21.7. The maximum absolute atomic E-state index is 12.9. The van der Waals surface area contributed by atoms with Crippen LogP contribution in [0.1, 0.15) is 22.3 Å². The SMILES string of the molecule is O=C(c1ccc(Oc2ccccc2)cc1)N1CCCN(c2ccc(C(F)(F)F)cn2)CC1. The molecular weight excluding hydrogens is 419 g/mol. The minimum absolute atomic E-state index is 0.0847. The van der Waals surface area contributed by atoms with E-state index in [1.54, 1.807) is 29.2 Å². The quantitative estimate of drug-likeness (QED) is 0.555. The maximum Gasteiger partial charge on any atom is 0.417 e. The highest BCUT2D eigenvalue weighted by Gasteiger charge is 2.31. The number of carbonyl (C=O) groups is 1. The van der Waals surface area contributed by atoms with Gasteiger partial charge in [0.25, 0.3) is 5.91 Å². The largest absolute Gasteiger partial charge is 0.457 e. The highest BCUT2D eigenvalue weighted by molar-refractivity contribution is 5.94. The third kappa shape index (κ3) is 5.19. The predicted octanol–water partition coefficient (Wildman–Crippen LogP) is 5.25. The van der Waals surface area contributed by atoms with Gasteiger partial charge in [-0.25, -0.2) is 4.98 Å². The lowest BCUT2D eigenvalue weighted by molar-refractivity contribution is -0.137. The molecule has 2 heterocycles. The Bertz CT molecular complexity index is 1040. The van der Waals surface area contributed by atoms with E-state index in [9.17, 15) is 18.0 Å². The second-order valence-corrected chi connectivity index (χ2v) is 7.48. The number of benzene rings is 2. The third-order valence-electron chi connectivity index (χ3n) is 5.26. The van der Waals surface area contributed by atoms with Crippen molar-refractivity contribution in [2.24, 2.45) is 0 Å². The van der Waals surface area contributed by atoms with Crippen molar-refractivity contribution in [2.75, 3.05) is 31.1 Å². The van der Waals surface area contributed by atoms with Gasteiger partial charge in [0.1, 0.15) is 17.3 Å². The summed E-state index contributed by atoms with van der Waals surface area (Å²) in [7, 11) is 0. The van der Waals surface area contributed by atoms with Crippen LogP contribution in [0.2, 0.25) is 0 Å². The van der Waals surface area contributed by atoms with E-state index in [1.807, 2.05) is 35.2 Å². The molecule has 0 aliphatic carbocycles. The zero-order valence-corrected chi connectivity index (χ0v) is 17.3. The second-order valence-electron chi connectivity index (χ2n) is 7.48. The molecule has 0 N–H and O–H groups in total. The molecule has 166 valence electrons. The Labute approximate surface area is 184 Å². The monoisotopic (exact) mass is 441 g/mol. The molecule has 0 radical (unpaired) electrons. The molecule has 2 aromatic carbocycles. The fraction of sp³-hybridized carbons (Fsp3) is 0.250. The Kier molecular flexibility index (Phi) is 6.30. The molecule has 1 saturated heterocycles. The number of anilines is 1. The summed E-state index contributed by atoms with van der Waals surface area (Å²) >= 11 is 0. The summed E-state index contributed by atoms with van der Waals surface area (Å²) in [5.74, 6) is 1.76. The van der Waals surface area contributed by atoms with Crippen molar-refractivity contribution in [3.63, 3.8) is 0 Å². The van der Waals surface area contributed by atoms with Gasteiger partial charge in [0.05, 0.1) is 5.56 Å². The van der Waals surface area contributed by atoms with Crippen molar-refractivity contribution < 1.29 is 22.7 Å². The first-order valence-corrected chi connectivity index (χ1v) is 10.3. The lowest BCUT2D eigenvalue weighted by Crippen LogP contribution is -2.35. The lowest BCUT2D eigenvalue weighted by Gasteiger charge is -2.23. The molecule has 4 rings (SSSR count). The van der Waals surface area contributed by atoms with Gasteiger partial charge in [0.15, 0.2) is 0 Å². The van der Waals surface area contributed by atoms with Gasteiger partial charge in [0.2, 0.25) is 0 Å². The minimum Gasteiger partial charge on any atom is -0.457 e. The number of aromatic nitrogens is 1.